The summed E-state index contributed by atoms with van der Waals surface area (Å²) in [6.45, 7) is 4.39. The standard InChI is InChI=1S/C23H32N4O3/c1-24-23(26-15-17-6-5-7-20(12-17)28-2)25-9-11-27-10-8-18-13-21(29-3)22(30-4)14-19(18)16-27/h5-7,12-14H,8-11,15-16H2,1-4H3,(H2,24,25,26). The third-order valence-corrected chi connectivity index (χ3v) is 5.34. The fourth-order valence-corrected chi connectivity index (χ4v) is 3.65. The molecule has 0 bridgehead atoms. The molecular formula is C23H32N4O3. The average molecular weight is 413 g/mol. The number of ether oxygens (including phenoxy) is 3. The molecule has 0 fully saturated rings. The van der Waals surface area contributed by atoms with E-state index in [0.717, 1.165) is 61.4 Å². The largest absolute Gasteiger partial charge is 0.497 e. The molecule has 1 aliphatic rings. The predicted molar refractivity (Wildman–Crippen MR) is 120 cm³/mol. The van der Waals surface area contributed by atoms with Crippen molar-refractivity contribution in [3.05, 3.63) is 53.1 Å². The van der Waals surface area contributed by atoms with Gasteiger partial charge in [0.2, 0.25) is 0 Å². The number of rotatable bonds is 8. The van der Waals surface area contributed by atoms with Gasteiger partial charge in [0.1, 0.15) is 5.75 Å². The van der Waals surface area contributed by atoms with Crippen LogP contribution in [0.4, 0.5) is 0 Å². The minimum Gasteiger partial charge on any atom is -0.497 e. The Morgan fingerprint density at radius 1 is 1.00 bits per heavy atom. The summed E-state index contributed by atoms with van der Waals surface area (Å²) in [4.78, 5) is 6.76. The van der Waals surface area contributed by atoms with E-state index in [-0.39, 0.29) is 0 Å². The number of benzene rings is 2. The molecule has 1 heterocycles. The van der Waals surface area contributed by atoms with E-state index in [2.05, 4.69) is 38.7 Å². The summed E-state index contributed by atoms with van der Waals surface area (Å²) in [5.41, 5.74) is 3.79. The Hall–Kier alpha value is -2.93. The van der Waals surface area contributed by atoms with E-state index < -0.39 is 0 Å². The monoisotopic (exact) mass is 412 g/mol. The Morgan fingerprint density at radius 3 is 2.47 bits per heavy atom. The lowest BCUT2D eigenvalue weighted by Gasteiger charge is -2.29. The summed E-state index contributed by atoms with van der Waals surface area (Å²) in [6, 6.07) is 12.2. The van der Waals surface area contributed by atoms with E-state index in [1.54, 1.807) is 28.4 Å². The number of nitrogens with zero attached hydrogens (tertiary/aromatic N) is 2. The van der Waals surface area contributed by atoms with Crippen molar-refractivity contribution >= 4 is 5.96 Å². The Bertz CT molecular complexity index is 870. The molecule has 0 saturated carbocycles. The van der Waals surface area contributed by atoms with Crippen molar-refractivity contribution < 1.29 is 14.2 Å². The van der Waals surface area contributed by atoms with Gasteiger partial charge in [0, 0.05) is 39.8 Å². The first-order valence-electron chi connectivity index (χ1n) is 10.2. The summed E-state index contributed by atoms with van der Waals surface area (Å²) >= 11 is 0. The normalized spacial score (nSPS) is 14.1. The van der Waals surface area contributed by atoms with Gasteiger partial charge in [-0.25, -0.2) is 0 Å². The van der Waals surface area contributed by atoms with E-state index in [1.807, 2.05) is 18.2 Å². The maximum atomic E-state index is 5.45. The Kier molecular flexibility index (Phi) is 7.79. The van der Waals surface area contributed by atoms with E-state index in [1.165, 1.54) is 11.1 Å². The molecule has 0 aliphatic carbocycles. The molecule has 1 aliphatic heterocycles. The van der Waals surface area contributed by atoms with Crippen LogP contribution >= 0.6 is 0 Å². The molecule has 0 unspecified atom stereocenters. The molecule has 0 radical (unpaired) electrons. The SMILES string of the molecule is CN=C(NCCN1CCc2cc(OC)c(OC)cc2C1)NCc1cccc(OC)c1. The van der Waals surface area contributed by atoms with E-state index in [4.69, 9.17) is 14.2 Å². The van der Waals surface area contributed by atoms with Gasteiger partial charge in [0.25, 0.3) is 0 Å². The molecule has 162 valence electrons. The van der Waals surface area contributed by atoms with E-state index >= 15 is 0 Å². The van der Waals surface area contributed by atoms with Gasteiger partial charge >= 0.3 is 0 Å². The van der Waals surface area contributed by atoms with Gasteiger partial charge < -0.3 is 24.8 Å². The smallest absolute Gasteiger partial charge is 0.191 e. The minimum atomic E-state index is 0.690. The van der Waals surface area contributed by atoms with Crippen molar-refractivity contribution in [3.8, 4) is 17.2 Å². The van der Waals surface area contributed by atoms with E-state index in [9.17, 15) is 0 Å². The second-order valence-electron chi connectivity index (χ2n) is 7.21. The van der Waals surface area contributed by atoms with Gasteiger partial charge in [-0.3, -0.25) is 9.89 Å². The Balaban J connectivity index is 1.47. The number of nitrogens with one attached hydrogen (secondary N) is 2. The van der Waals surface area contributed by atoms with Crippen molar-refractivity contribution in [2.45, 2.75) is 19.5 Å². The predicted octanol–water partition coefficient (Wildman–Crippen LogP) is 2.44. The quantitative estimate of drug-likeness (QED) is 0.513. The minimum absolute atomic E-state index is 0.690. The number of hydrogen-bond donors (Lipinski definition) is 2. The van der Waals surface area contributed by atoms with Crippen LogP contribution in [-0.4, -0.2) is 58.9 Å². The summed E-state index contributed by atoms with van der Waals surface area (Å²) in [5, 5.41) is 6.75. The van der Waals surface area contributed by atoms with Crippen molar-refractivity contribution in [2.24, 2.45) is 4.99 Å². The number of hydrogen-bond acceptors (Lipinski definition) is 5. The fourth-order valence-electron chi connectivity index (χ4n) is 3.65. The topological polar surface area (TPSA) is 67.4 Å². The highest BCUT2D eigenvalue weighted by atomic mass is 16.5. The van der Waals surface area contributed by atoms with Crippen LogP contribution < -0.4 is 24.8 Å². The van der Waals surface area contributed by atoms with Crippen LogP contribution in [0.15, 0.2) is 41.4 Å². The zero-order valence-electron chi connectivity index (χ0n) is 18.3. The lowest BCUT2D eigenvalue weighted by molar-refractivity contribution is 0.256. The molecule has 0 amide bonds. The van der Waals surface area contributed by atoms with Gasteiger partial charge in [-0.05, 0) is 47.4 Å². The van der Waals surface area contributed by atoms with Crippen molar-refractivity contribution in [2.75, 3.05) is 48.0 Å². The molecule has 2 N–H and O–H groups in total. The summed E-state index contributed by atoms with van der Waals surface area (Å²) in [5.74, 6) is 3.24. The molecule has 0 aromatic heterocycles. The fraction of sp³-hybridized carbons (Fsp3) is 0.435. The summed E-state index contributed by atoms with van der Waals surface area (Å²) in [7, 11) is 6.83. The van der Waals surface area contributed by atoms with E-state index in [0.29, 0.717) is 6.54 Å². The summed E-state index contributed by atoms with van der Waals surface area (Å²) < 4.78 is 16.2. The highest BCUT2D eigenvalue weighted by Crippen LogP contribution is 2.33. The number of fused-ring (bicyclic) bond motifs is 1. The first kappa shape index (κ1) is 21.8. The van der Waals surface area contributed by atoms with Gasteiger partial charge in [-0.2, -0.15) is 0 Å². The molecule has 30 heavy (non-hydrogen) atoms. The molecule has 0 atom stereocenters. The lowest BCUT2D eigenvalue weighted by Crippen LogP contribution is -2.42. The summed E-state index contributed by atoms with van der Waals surface area (Å²) in [6.07, 6.45) is 1.01. The van der Waals surface area contributed by atoms with Crippen LogP contribution in [-0.2, 0) is 19.5 Å². The molecule has 2 aromatic carbocycles. The van der Waals surface area contributed by atoms with Crippen molar-refractivity contribution in [1.82, 2.24) is 15.5 Å². The van der Waals surface area contributed by atoms with Crippen molar-refractivity contribution in [3.63, 3.8) is 0 Å². The average Bonchev–Trinajstić information content (AvgIpc) is 2.80. The first-order valence-corrected chi connectivity index (χ1v) is 10.2. The second kappa shape index (κ2) is 10.7. The van der Waals surface area contributed by atoms with Crippen LogP contribution in [0.3, 0.4) is 0 Å². The van der Waals surface area contributed by atoms with Crippen molar-refractivity contribution in [1.29, 1.82) is 0 Å². The van der Waals surface area contributed by atoms with Gasteiger partial charge in [0.05, 0.1) is 21.3 Å². The van der Waals surface area contributed by atoms with Crippen LogP contribution in [0.2, 0.25) is 0 Å². The van der Waals surface area contributed by atoms with Crippen LogP contribution in [0.5, 0.6) is 17.2 Å². The molecular weight excluding hydrogens is 380 g/mol. The van der Waals surface area contributed by atoms with Crippen LogP contribution in [0.1, 0.15) is 16.7 Å². The molecule has 0 saturated heterocycles. The van der Waals surface area contributed by atoms with Crippen LogP contribution in [0, 0.1) is 0 Å². The lowest BCUT2D eigenvalue weighted by atomic mass is 9.99. The van der Waals surface area contributed by atoms with Gasteiger partial charge in [-0.1, -0.05) is 12.1 Å². The number of methoxy groups -OCH3 is 3. The maximum absolute atomic E-state index is 5.45. The maximum Gasteiger partial charge on any atom is 0.191 e. The van der Waals surface area contributed by atoms with Crippen LogP contribution in [0.25, 0.3) is 0 Å². The molecule has 3 rings (SSSR count). The third-order valence-electron chi connectivity index (χ3n) is 5.34. The molecule has 7 nitrogen and oxygen atoms in total. The first-order chi connectivity index (χ1) is 14.7. The molecule has 7 heteroatoms. The number of guanidine groups is 1. The third kappa shape index (κ3) is 5.57. The number of aliphatic imine (C=N–C) groups is 1. The molecule has 0 spiro atoms. The molecule has 2 aromatic rings. The Morgan fingerprint density at radius 2 is 1.77 bits per heavy atom. The highest BCUT2D eigenvalue weighted by molar-refractivity contribution is 5.79. The second-order valence-corrected chi connectivity index (χ2v) is 7.21. The zero-order chi connectivity index (χ0) is 21.3. The van der Waals surface area contributed by atoms with Gasteiger partial charge in [0.15, 0.2) is 17.5 Å². The zero-order valence-corrected chi connectivity index (χ0v) is 18.3. The Labute approximate surface area is 179 Å². The highest BCUT2D eigenvalue weighted by Gasteiger charge is 2.19. The van der Waals surface area contributed by atoms with Gasteiger partial charge in [-0.15, -0.1) is 0 Å².